The van der Waals surface area contributed by atoms with Gasteiger partial charge in [0.05, 0.1) is 10.5 Å². The highest BCUT2D eigenvalue weighted by Crippen LogP contribution is 2.32. The lowest BCUT2D eigenvalue weighted by Crippen LogP contribution is -2.49. The lowest BCUT2D eigenvalue weighted by atomic mass is 10.1. The van der Waals surface area contributed by atoms with Gasteiger partial charge in [-0.05, 0) is 38.1 Å². The number of hydrogen-bond donors (Lipinski definition) is 0. The van der Waals surface area contributed by atoms with E-state index in [1.807, 2.05) is 11.8 Å². The molecule has 1 aliphatic heterocycles. The molecule has 0 radical (unpaired) electrons. The number of halogens is 3. The van der Waals surface area contributed by atoms with Gasteiger partial charge in [-0.25, -0.2) is 18.4 Å². The molecule has 1 aliphatic rings. The van der Waals surface area contributed by atoms with E-state index >= 15 is 0 Å². The van der Waals surface area contributed by atoms with Crippen molar-refractivity contribution < 1.29 is 21.6 Å². The minimum Gasteiger partial charge on any atom is -0.354 e. The Morgan fingerprint density at radius 3 is 2.18 bits per heavy atom. The standard InChI is InChI=1S/C23H23F3N4O2S/c1-16-6-8-20(9-7-16)33(31,32)30-12-10-29(11-13-30)21-14-17(2)27-22(28-21)18-4-3-5-19(15-18)23(24,25)26/h3-9,14-15H,10-13H2,1-2H3. The van der Waals surface area contributed by atoms with Crippen molar-refractivity contribution in [3.63, 3.8) is 0 Å². The van der Waals surface area contributed by atoms with Crippen LogP contribution in [0.25, 0.3) is 11.4 Å². The van der Waals surface area contributed by atoms with Gasteiger partial charge in [0.1, 0.15) is 5.82 Å². The maximum atomic E-state index is 13.1. The summed E-state index contributed by atoms with van der Waals surface area (Å²) in [7, 11) is -3.60. The van der Waals surface area contributed by atoms with Gasteiger partial charge in [-0.15, -0.1) is 0 Å². The molecule has 33 heavy (non-hydrogen) atoms. The van der Waals surface area contributed by atoms with Gasteiger partial charge in [-0.2, -0.15) is 17.5 Å². The number of anilines is 1. The van der Waals surface area contributed by atoms with Gasteiger partial charge >= 0.3 is 6.18 Å². The van der Waals surface area contributed by atoms with Crippen LogP contribution in [-0.2, 0) is 16.2 Å². The van der Waals surface area contributed by atoms with Crippen LogP contribution in [0.1, 0.15) is 16.8 Å². The van der Waals surface area contributed by atoms with Gasteiger partial charge < -0.3 is 4.90 Å². The molecule has 0 amide bonds. The first-order valence-corrected chi connectivity index (χ1v) is 11.8. The van der Waals surface area contributed by atoms with Crippen molar-refractivity contribution in [2.24, 2.45) is 0 Å². The number of alkyl halides is 3. The molecule has 0 spiro atoms. The second-order valence-electron chi connectivity index (χ2n) is 7.97. The summed E-state index contributed by atoms with van der Waals surface area (Å²) in [5, 5.41) is 0. The molecule has 0 atom stereocenters. The highest BCUT2D eigenvalue weighted by molar-refractivity contribution is 7.89. The Kier molecular flexibility index (Phi) is 6.15. The first-order valence-electron chi connectivity index (χ1n) is 10.4. The molecule has 6 nitrogen and oxygen atoms in total. The molecule has 0 N–H and O–H groups in total. The minimum atomic E-state index is -4.46. The van der Waals surface area contributed by atoms with Gasteiger partial charge in [0, 0.05) is 43.5 Å². The Bertz CT molecular complexity index is 1250. The Morgan fingerprint density at radius 2 is 1.55 bits per heavy atom. The van der Waals surface area contributed by atoms with E-state index in [9.17, 15) is 21.6 Å². The predicted octanol–water partition coefficient (Wildman–Crippen LogP) is 4.29. The second-order valence-corrected chi connectivity index (χ2v) is 9.91. The topological polar surface area (TPSA) is 66.4 Å². The summed E-state index contributed by atoms with van der Waals surface area (Å²) < 4.78 is 66.6. The van der Waals surface area contributed by atoms with E-state index in [4.69, 9.17) is 0 Å². The molecule has 174 valence electrons. The normalized spacial score (nSPS) is 15.6. The highest BCUT2D eigenvalue weighted by Gasteiger charge is 2.31. The average Bonchev–Trinajstić information content (AvgIpc) is 2.78. The van der Waals surface area contributed by atoms with Crippen LogP contribution in [0.3, 0.4) is 0 Å². The molecule has 0 saturated carbocycles. The zero-order chi connectivity index (χ0) is 23.8. The highest BCUT2D eigenvalue weighted by atomic mass is 32.2. The van der Waals surface area contributed by atoms with Crippen molar-refractivity contribution in [2.45, 2.75) is 24.9 Å². The van der Waals surface area contributed by atoms with Crippen LogP contribution in [0.5, 0.6) is 0 Å². The van der Waals surface area contributed by atoms with Gasteiger partial charge in [-0.3, -0.25) is 0 Å². The lowest BCUT2D eigenvalue weighted by Gasteiger charge is -2.34. The molecule has 0 aliphatic carbocycles. The fraction of sp³-hybridized carbons (Fsp3) is 0.304. The van der Waals surface area contributed by atoms with E-state index in [0.717, 1.165) is 17.7 Å². The lowest BCUT2D eigenvalue weighted by molar-refractivity contribution is -0.137. The number of aromatic nitrogens is 2. The molecule has 0 unspecified atom stereocenters. The second kappa shape index (κ2) is 8.75. The molecular formula is C23H23F3N4O2S. The van der Waals surface area contributed by atoms with Crippen LogP contribution < -0.4 is 4.90 Å². The molecule has 1 saturated heterocycles. The van der Waals surface area contributed by atoms with Gasteiger partial charge in [-0.1, -0.05) is 29.8 Å². The molecule has 0 bridgehead atoms. The van der Waals surface area contributed by atoms with Crippen LogP contribution in [-0.4, -0.2) is 48.9 Å². The Balaban J connectivity index is 1.54. The van der Waals surface area contributed by atoms with E-state index in [1.54, 1.807) is 43.3 Å². The number of piperazine rings is 1. The molecular weight excluding hydrogens is 453 g/mol. The molecule has 4 rings (SSSR count). The third-order valence-corrected chi connectivity index (χ3v) is 7.42. The SMILES string of the molecule is Cc1ccc(S(=O)(=O)N2CCN(c3cc(C)nc(-c4cccc(C(F)(F)F)c4)n3)CC2)cc1. The maximum absolute atomic E-state index is 13.1. The van der Waals surface area contributed by atoms with Crippen molar-refractivity contribution in [1.82, 2.24) is 14.3 Å². The summed E-state index contributed by atoms with van der Waals surface area (Å²) in [6.45, 7) is 5.01. The van der Waals surface area contributed by atoms with Crippen LogP contribution in [0.15, 0.2) is 59.5 Å². The van der Waals surface area contributed by atoms with Crippen molar-refractivity contribution in [2.75, 3.05) is 31.1 Å². The fourth-order valence-electron chi connectivity index (χ4n) is 3.69. The predicted molar refractivity (Wildman–Crippen MR) is 119 cm³/mol. The number of aryl methyl sites for hydroxylation is 2. The summed E-state index contributed by atoms with van der Waals surface area (Å²) in [4.78, 5) is 11.0. The smallest absolute Gasteiger partial charge is 0.354 e. The number of rotatable bonds is 4. The monoisotopic (exact) mass is 476 g/mol. The van der Waals surface area contributed by atoms with E-state index in [2.05, 4.69) is 9.97 Å². The zero-order valence-corrected chi connectivity index (χ0v) is 19.0. The minimum absolute atomic E-state index is 0.200. The summed E-state index contributed by atoms with van der Waals surface area (Å²) in [5.41, 5.74) is 1.11. The Morgan fingerprint density at radius 1 is 0.879 bits per heavy atom. The van der Waals surface area contributed by atoms with Gasteiger partial charge in [0.25, 0.3) is 0 Å². The van der Waals surface area contributed by atoms with Gasteiger partial charge in [0.15, 0.2) is 5.82 Å². The largest absolute Gasteiger partial charge is 0.416 e. The van der Waals surface area contributed by atoms with Crippen LogP contribution in [0, 0.1) is 13.8 Å². The Hall–Kier alpha value is -2.98. The summed E-state index contributed by atoms with van der Waals surface area (Å²) >= 11 is 0. The van der Waals surface area contributed by atoms with E-state index in [0.29, 0.717) is 24.6 Å². The zero-order valence-electron chi connectivity index (χ0n) is 18.2. The molecule has 2 aromatic carbocycles. The first-order chi connectivity index (χ1) is 15.5. The maximum Gasteiger partial charge on any atom is 0.416 e. The van der Waals surface area contributed by atoms with Crippen LogP contribution in [0.4, 0.5) is 19.0 Å². The number of hydrogen-bond acceptors (Lipinski definition) is 5. The van der Waals surface area contributed by atoms with Gasteiger partial charge in [0.2, 0.25) is 10.0 Å². The van der Waals surface area contributed by atoms with E-state index in [-0.39, 0.29) is 29.4 Å². The van der Waals surface area contributed by atoms with Crippen molar-refractivity contribution >= 4 is 15.8 Å². The third-order valence-electron chi connectivity index (χ3n) is 5.51. The van der Waals surface area contributed by atoms with Crippen molar-refractivity contribution in [3.05, 3.63) is 71.4 Å². The summed E-state index contributed by atoms with van der Waals surface area (Å²) in [5.74, 6) is 0.758. The van der Waals surface area contributed by atoms with Crippen LogP contribution in [0.2, 0.25) is 0 Å². The summed E-state index contributed by atoms with van der Waals surface area (Å²) in [6.07, 6.45) is -4.46. The summed E-state index contributed by atoms with van der Waals surface area (Å²) in [6, 6.07) is 13.4. The molecule has 1 aromatic heterocycles. The molecule has 1 fully saturated rings. The van der Waals surface area contributed by atoms with E-state index in [1.165, 1.54) is 10.4 Å². The fourth-order valence-corrected chi connectivity index (χ4v) is 5.12. The number of sulfonamides is 1. The van der Waals surface area contributed by atoms with Crippen LogP contribution >= 0.6 is 0 Å². The Labute approximate surface area is 190 Å². The van der Waals surface area contributed by atoms with Crippen molar-refractivity contribution in [3.8, 4) is 11.4 Å². The first kappa shape index (κ1) is 23.2. The van der Waals surface area contributed by atoms with Crippen molar-refractivity contribution in [1.29, 1.82) is 0 Å². The average molecular weight is 477 g/mol. The third kappa shape index (κ3) is 5.01. The quantitative estimate of drug-likeness (QED) is 0.562. The molecule has 3 aromatic rings. The molecule has 2 heterocycles. The number of benzene rings is 2. The number of nitrogens with zero attached hydrogens (tertiary/aromatic N) is 4. The van der Waals surface area contributed by atoms with E-state index < -0.39 is 21.8 Å². The molecule has 10 heteroatoms.